The van der Waals surface area contributed by atoms with Crippen LogP contribution in [0.25, 0.3) is 10.8 Å². The van der Waals surface area contributed by atoms with Crippen LogP contribution in [0.1, 0.15) is 83.1 Å². The summed E-state index contributed by atoms with van der Waals surface area (Å²) < 4.78 is 5.96. The molecule has 3 heteroatoms. The van der Waals surface area contributed by atoms with Crippen LogP contribution in [-0.4, -0.2) is 18.4 Å². The van der Waals surface area contributed by atoms with E-state index < -0.39 is 0 Å². The summed E-state index contributed by atoms with van der Waals surface area (Å²) in [4.78, 5) is 11.5. The topological polar surface area (TPSA) is 38.3 Å². The molecule has 0 saturated heterocycles. The van der Waals surface area contributed by atoms with Gasteiger partial charge < -0.3 is 14.8 Å². The van der Waals surface area contributed by atoms with Crippen molar-refractivity contribution in [3.05, 3.63) is 42.0 Å². The highest BCUT2D eigenvalue weighted by atomic mass is 16.5. The molecule has 0 aromatic heterocycles. The average Bonchev–Trinajstić information content (AvgIpc) is 2.81. The standard InChI is InChI=1S/C27H37NO2/c1-2-3-4-5-6-17-30-25-10-9-23-18-22(7-8-24(23)19-25)20-28-27-14-11-26(21-29,12-15-27)13-16-27/h7-10,18-19,21,28H,2-6,11-17,20H2,1H3. The van der Waals surface area contributed by atoms with E-state index in [-0.39, 0.29) is 11.0 Å². The van der Waals surface area contributed by atoms with E-state index in [0.717, 1.165) is 63.8 Å². The van der Waals surface area contributed by atoms with Gasteiger partial charge in [-0.05, 0) is 79.5 Å². The van der Waals surface area contributed by atoms with Gasteiger partial charge in [0.2, 0.25) is 0 Å². The number of rotatable bonds is 11. The minimum absolute atomic E-state index is 0.00165. The molecule has 0 heterocycles. The van der Waals surface area contributed by atoms with Gasteiger partial charge in [0.25, 0.3) is 0 Å². The van der Waals surface area contributed by atoms with Gasteiger partial charge in [0, 0.05) is 17.5 Å². The van der Waals surface area contributed by atoms with Gasteiger partial charge in [-0.2, -0.15) is 0 Å². The van der Waals surface area contributed by atoms with E-state index in [1.165, 1.54) is 48.3 Å². The van der Waals surface area contributed by atoms with Gasteiger partial charge in [-0.15, -0.1) is 0 Å². The van der Waals surface area contributed by atoms with E-state index in [1.54, 1.807) is 0 Å². The average molecular weight is 408 g/mol. The maximum atomic E-state index is 11.5. The first-order valence-electron chi connectivity index (χ1n) is 12.0. The number of carbonyl (C=O) groups is 1. The molecule has 162 valence electrons. The minimum Gasteiger partial charge on any atom is -0.494 e. The van der Waals surface area contributed by atoms with E-state index in [9.17, 15) is 4.79 Å². The van der Waals surface area contributed by atoms with Crippen LogP contribution in [0.2, 0.25) is 0 Å². The monoisotopic (exact) mass is 407 g/mol. The Hall–Kier alpha value is -1.87. The summed E-state index contributed by atoms with van der Waals surface area (Å²) in [6.07, 6.45) is 14.1. The molecule has 2 aromatic rings. The van der Waals surface area contributed by atoms with Gasteiger partial charge in [-0.1, -0.05) is 50.8 Å². The smallest absolute Gasteiger partial charge is 0.126 e. The molecule has 2 aromatic carbocycles. The van der Waals surface area contributed by atoms with E-state index >= 15 is 0 Å². The Kier molecular flexibility index (Phi) is 6.77. The predicted octanol–water partition coefficient (Wildman–Crippen LogP) is 6.57. The molecule has 0 aliphatic heterocycles. The largest absolute Gasteiger partial charge is 0.494 e. The normalized spacial score (nSPS) is 25.5. The molecule has 0 unspecified atom stereocenters. The summed E-state index contributed by atoms with van der Waals surface area (Å²) in [6, 6.07) is 13.2. The number of nitrogens with one attached hydrogen (secondary N) is 1. The molecule has 3 fully saturated rings. The summed E-state index contributed by atoms with van der Waals surface area (Å²) in [6.45, 7) is 3.96. The molecule has 0 amide bonds. The molecule has 3 nitrogen and oxygen atoms in total. The Balaban J connectivity index is 1.30. The van der Waals surface area contributed by atoms with Gasteiger partial charge in [0.15, 0.2) is 0 Å². The van der Waals surface area contributed by atoms with Crippen molar-refractivity contribution in [3.8, 4) is 5.75 Å². The van der Waals surface area contributed by atoms with E-state index in [2.05, 4.69) is 48.6 Å². The van der Waals surface area contributed by atoms with Crippen LogP contribution in [0.15, 0.2) is 36.4 Å². The number of aldehydes is 1. The van der Waals surface area contributed by atoms with Crippen LogP contribution < -0.4 is 10.1 Å². The predicted molar refractivity (Wildman–Crippen MR) is 124 cm³/mol. The van der Waals surface area contributed by atoms with E-state index in [1.807, 2.05) is 0 Å². The summed E-state index contributed by atoms with van der Waals surface area (Å²) in [5.41, 5.74) is 1.58. The lowest BCUT2D eigenvalue weighted by Gasteiger charge is -2.51. The number of unbranched alkanes of at least 4 members (excludes halogenated alkanes) is 4. The number of hydrogen-bond donors (Lipinski definition) is 1. The molecule has 3 aliphatic rings. The maximum Gasteiger partial charge on any atom is 0.126 e. The zero-order valence-corrected chi connectivity index (χ0v) is 18.6. The molecule has 2 bridgehead atoms. The summed E-state index contributed by atoms with van der Waals surface area (Å²) in [5, 5.41) is 6.38. The summed E-state index contributed by atoms with van der Waals surface area (Å²) >= 11 is 0. The summed E-state index contributed by atoms with van der Waals surface area (Å²) in [5.74, 6) is 0.978. The van der Waals surface area contributed by atoms with Gasteiger partial charge in [-0.25, -0.2) is 0 Å². The molecule has 1 N–H and O–H groups in total. The molecule has 3 aliphatic carbocycles. The van der Waals surface area contributed by atoms with E-state index in [0.29, 0.717) is 0 Å². The third kappa shape index (κ3) is 4.88. The highest BCUT2D eigenvalue weighted by Crippen LogP contribution is 2.51. The van der Waals surface area contributed by atoms with Crippen LogP contribution >= 0.6 is 0 Å². The lowest BCUT2D eigenvalue weighted by Crippen LogP contribution is -2.54. The van der Waals surface area contributed by atoms with Crippen molar-refractivity contribution in [2.24, 2.45) is 5.41 Å². The fourth-order valence-electron chi connectivity index (χ4n) is 5.31. The zero-order valence-electron chi connectivity index (χ0n) is 18.6. The Morgan fingerprint density at radius 3 is 2.33 bits per heavy atom. The highest BCUT2D eigenvalue weighted by molar-refractivity contribution is 5.84. The number of fused-ring (bicyclic) bond motifs is 4. The van der Waals surface area contributed by atoms with Crippen molar-refractivity contribution in [3.63, 3.8) is 0 Å². The zero-order chi connectivity index (χ0) is 20.9. The molecule has 5 rings (SSSR count). The molecule has 0 radical (unpaired) electrons. The van der Waals surface area contributed by atoms with Crippen LogP contribution in [0.3, 0.4) is 0 Å². The quantitative estimate of drug-likeness (QED) is 0.338. The van der Waals surface area contributed by atoms with Gasteiger partial charge in [-0.3, -0.25) is 0 Å². The van der Waals surface area contributed by atoms with Crippen molar-refractivity contribution in [1.82, 2.24) is 5.32 Å². The first-order chi connectivity index (χ1) is 14.7. The van der Waals surface area contributed by atoms with Gasteiger partial charge >= 0.3 is 0 Å². The first-order valence-corrected chi connectivity index (χ1v) is 12.0. The fraction of sp³-hybridized carbons (Fsp3) is 0.593. The molecular formula is C27H37NO2. The van der Waals surface area contributed by atoms with Crippen LogP contribution in [-0.2, 0) is 11.3 Å². The Labute approximate surface area is 181 Å². The second-order valence-electron chi connectivity index (χ2n) is 9.72. The van der Waals surface area contributed by atoms with Crippen LogP contribution in [0.5, 0.6) is 5.75 Å². The van der Waals surface area contributed by atoms with E-state index in [4.69, 9.17) is 4.74 Å². The lowest BCUT2D eigenvalue weighted by atomic mass is 9.58. The Bertz CT molecular complexity index is 835. The summed E-state index contributed by atoms with van der Waals surface area (Å²) in [7, 11) is 0. The SMILES string of the molecule is CCCCCCCOc1ccc2cc(CNC34CCC(C=O)(CC3)CC4)ccc2c1. The number of benzene rings is 2. The lowest BCUT2D eigenvalue weighted by molar-refractivity contribution is -0.122. The van der Waals surface area contributed by atoms with Crippen molar-refractivity contribution in [1.29, 1.82) is 0 Å². The fourth-order valence-corrected chi connectivity index (χ4v) is 5.31. The number of ether oxygens (including phenoxy) is 1. The molecule has 0 atom stereocenters. The maximum absolute atomic E-state index is 11.5. The van der Waals surface area contributed by atoms with Crippen molar-refractivity contribution >= 4 is 17.1 Å². The molecule has 3 saturated carbocycles. The van der Waals surface area contributed by atoms with Crippen molar-refractivity contribution in [2.75, 3.05) is 6.61 Å². The number of hydrogen-bond acceptors (Lipinski definition) is 3. The third-order valence-electron chi connectivity index (χ3n) is 7.61. The van der Waals surface area contributed by atoms with Crippen molar-refractivity contribution in [2.45, 2.75) is 89.6 Å². The molecule has 30 heavy (non-hydrogen) atoms. The molecule has 0 spiro atoms. The van der Waals surface area contributed by atoms with Crippen molar-refractivity contribution < 1.29 is 9.53 Å². The highest BCUT2D eigenvalue weighted by Gasteiger charge is 2.48. The first kappa shape index (κ1) is 21.4. The Morgan fingerprint density at radius 1 is 0.900 bits per heavy atom. The van der Waals surface area contributed by atoms with Crippen LogP contribution in [0.4, 0.5) is 0 Å². The van der Waals surface area contributed by atoms with Gasteiger partial charge in [0.1, 0.15) is 12.0 Å². The second-order valence-corrected chi connectivity index (χ2v) is 9.72. The third-order valence-corrected chi connectivity index (χ3v) is 7.61. The Morgan fingerprint density at radius 2 is 1.60 bits per heavy atom. The van der Waals surface area contributed by atoms with Crippen LogP contribution in [0, 0.1) is 5.41 Å². The molecular weight excluding hydrogens is 370 g/mol. The van der Waals surface area contributed by atoms with Gasteiger partial charge in [0.05, 0.1) is 6.61 Å². The minimum atomic E-state index is 0.00165. The second kappa shape index (κ2) is 9.51. The number of carbonyl (C=O) groups excluding carboxylic acids is 1.